The largest absolute Gasteiger partial charge is 0.486 e. The number of nitrogens with two attached hydrogens (primary N) is 1. The van der Waals surface area contributed by atoms with E-state index in [4.69, 9.17) is 15.2 Å². The lowest BCUT2D eigenvalue weighted by Gasteiger charge is -2.27. The molecule has 0 amide bonds. The van der Waals surface area contributed by atoms with E-state index >= 15 is 0 Å². The normalized spacial score (nSPS) is 26.5. The molecule has 0 saturated carbocycles. The Balaban J connectivity index is 1.83. The molecule has 2 aliphatic rings. The van der Waals surface area contributed by atoms with Crippen molar-refractivity contribution < 1.29 is 14.6 Å². The fraction of sp³-hybridized carbons (Fsp3) is 0.294. The molecule has 1 aliphatic carbocycles. The molecule has 4 heteroatoms. The van der Waals surface area contributed by atoms with Gasteiger partial charge in [0.15, 0.2) is 11.5 Å². The van der Waals surface area contributed by atoms with Crippen molar-refractivity contribution in [1.82, 2.24) is 0 Å². The third kappa shape index (κ3) is 1.83. The molecule has 0 saturated heterocycles. The van der Waals surface area contributed by atoms with Crippen LogP contribution < -0.4 is 15.2 Å². The van der Waals surface area contributed by atoms with Gasteiger partial charge in [0.05, 0.1) is 0 Å². The van der Waals surface area contributed by atoms with Crippen LogP contribution in [0.2, 0.25) is 0 Å². The summed E-state index contributed by atoms with van der Waals surface area (Å²) in [6.07, 6.45) is 0.478. The zero-order valence-electron chi connectivity index (χ0n) is 11.6. The predicted octanol–water partition coefficient (Wildman–Crippen LogP) is 2.10. The minimum atomic E-state index is -1.06. The van der Waals surface area contributed by atoms with Gasteiger partial charge in [-0.05, 0) is 28.8 Å². The van der Waals surface area contributed by atoms with Gasteiger partial charge in [-0.1, -0.05) is 30.3 Å². The average Bonchev–Trinajstić information content (AvgIpc) is 2.80. The highest BCUT2D eigenvalue weighted by Gasteiger charge is 2.42. The van der Waals surface area contributed by atoms with E-state index in [9.17, 15) is 5.11 Å². The van der Waals surface area contributed by atoms with E-state index in [-0.39, 0.29) is 6.04 Å². The third-order valence-electron chi connectivity index (χ3n) is 4.34. The van der Waals surface area contributed by atoms with Gasteiger partial charge < -0.3 is 20.3 Å². The van der Waals surface area contributed by atoms with Gasteiger partial charge in [-0.25, -0.2) is 0 Å². The molecule has 0 bridgehead atoms. The standard InChI is InChI=1S/C17H17NO3/c18-14-10-17(19,13-4-2-1-3-12(13)14)11-5-6-15-16(9-11)21-8-7-20-15/h1-6,9,14,19H,7-8,10,18H2. The maximum atomic E-state index is 11.2. The maximum absolute atomic E-state index is 11.2. The Morgan fingerprint density at radius 2 is 1.81 bits per heavy atom. The molecule has 108 valence electrons. The number of hydrogen-bond donors (Lipinski definition) is 2. The summed E-state index contributed by atoms with van der Waals surface area (Å²) in [4.78, 5) is 0. The van der Waals surface area contributed by atoms with Gasteiger partial charge in [0.1, 0.15) is 18.8 Å². The SMILES string of the molecule is NC1CC(O)(c2ccc3c(c2)OCCO3)c2ccccc21. The Morgan fingerprint density at radius 3 is 2.67 bits per heavy atom. The number of aliphatic hydroxyl groups is 1. The monoisotopic (exact) mass is 283 g/mol. The van der Waals surface area contributed by atoms with Crippen LogP contribution in [0.4, 0.5) is 0 Å². The van der Waals surface area contributed by atoms with Gasteiger partial charge in [-0.3, -0.25) is 0 Å². The van der Waals surface area contributed by atoms with Gasteiger partial charge in [-0.15, -0.1) is 0 Å². The average molecular weight is 283 g/mol. The van der Waals surface area contributed by atoms with Crippen LogP contribution in [0.5, 0.6) is 11.5 Å². The van der Waals surface area contributed by atoms with E-state index in [0.29, 0.717) is 25.4 Å². The van der Waals surface area contributed by atoms with Gasteiger partial charge >= 0.3 is 0 Å². The lowest BCUT2D eigenvalue weighted by molar-refractivity contribution is 0.0767. The molecule has 4 rings (SSSR count). The molecule has 2 aromatic carbocycles. The van der Waals surface area contributed by atoms with E-state index in [2.05, 4.69) is 0 Å². The quantitative estimate of drug-likeness (QED) is 0.841. The van der Waals surface area contributed by atoms with Crippen molar-refractivity contribution >= 4 is 0 Å². The second kappa shape index (κ2) is 4.48. The predicted molar refractivity (Wildman–Crippen MR) is 78.4 cm³/mol. The first kappa shape index (κ1) is 12.7. The summed E-state index contributed by atoms with van der Waals surface area (Å²) in [5.41, 5.74) is 7.81. The van der Waals surface area contributed by atoms with E-state index in [1.165, 1.54) is 0 Å². The van der Waals surface area contributed by atoms with Crippen molar-refractivity contribution in [3.8, 4) is 11.5 Å². The highest BCUT2D eigenvalue weighted by molar-refractivity contribution is 5.52. The van der Waals surface area contributed by atoms with Crippen molar-refractivity contribution in [1.29, 1.82) is 0 Å². The Labute approximate surface area is 123 Å². The number of ether oxygens (including phenoxy) is 2. The summed E-state index contributed by atoms with van der Waals surface area (Å²) in [7, 11) is 0. The van der Waals surface area contributed by atoms with Crippen LogP contribution in [0.1, 0.15) is 29.2 Å². The highest BCUT2D eigenvalue weighted by Crippen LogP contribution is 2.47. The second-order valence-electron chi connectivity index (χ2n) is 5.62. The molecule has 1 aliphatic heterocycles. The second-order valence-corrected chi connectivity index (χ2v) is 5.62. The molecule has 3 N–H and O–H groups in total. The molecule has 2 unspecified atom stereocenters. The smallest absolute Gasteiger partial charge is 0.161 e. The number of hydrogen-bond acceptors (Lipinski definition) is 4. The minimum absolute atomic E-state index is 0.153. The van der Waals surface area contributed by atoms with Gasteiger partial charge in [0.2, 0.25) is 0 Å². The maximum Gasteiger partial charge on any atom is 0.161 e. The Kier molecular flexibility index (Phi) is 2.71. The van der Waals surface area contributed by atoms with Crippen LogP contribution in [0.3, 0.4) is 0 Å². The fourth-order valence-electron chi connectivity index (χ4n) is 3.31. The van der Waals surface area contributed by atoms with Gasteiger partial charge in [0.25, 0.3) is 0 Å². The van der Waals surface area contributed by atoms with E-state index < -0.39 is 5.60 Å². The number of fused-ring (bicyclic) bond motifs is 2. The van der Waals surface area contributed by atoms with E-state index in [0.717, 1.165) is 22.4 Å². The van der Waals surface area contributed by atoms with Crippen molar-refractivity contribution in [2.45, 2.75) is 18.1 Å². The number of benzene rings is 2. The lowest BCUT2D eigenvalue weighted by atomic mass is 9.87. The molecule has 2 aromatic rings. The topological polar surface area (TPSA) is 64.7 Å². The summed E-state index contributed by atoms with van der Waals surface area (Å²) >= 11 is 0. The van der Waals surface area contributed by atoms with E-state index in [1.807, 2.05) is 42.5 Å². The fourth-order valence-corrected chi connectivity index (χ4v) is 3.31. The molecule has 4 nitrogen and oxygen atoms in total. The van der Waals surface area contributed by atoms with Crippen molar-refractivity contribution in [2.24, 2.45) is 5.73 Å². The molecule has 0 aromatic heterocycles. The molecule has 21 heavy (non-hydrogen) atoms. The summed E-state index contributed by atoms with van der Waals surface area (Å²) < 4.78 is 11.1. The van der Waals surface area contributed by atoms with Crippen LogP contribution >= 0.6 is 0 Å². The summed E-state index contributed by atoms with van der Waals surface area (Å²) in [5.74, 6) is 1.41. The molecular formula is C17H17NO3. The van der Waals surface area contributed by atoms with Crippen LogP contribution in [0.25, 0.3) is 0 Å². The Bertz CT molecular complexity index is 700. The lowest BCUT2D eigenvalue weighted by Crippen LogP contribution is -2.25. The van der Waals surface area contributed by atoms with Crippen molar-refractivity contribution in [3.05, 3.63) is 59.2 Å². The molecule has 0 radical (unpaired) electrons. The summed E-state index contributed by atoms with van der Waals surface area (Å²) in [5, 5.41) is 11.2. The first-order valence-corrected chi connectivity index (χ1v) is 7.16. The van der Waals surface area contributed by atoms with Crippen LogP contribution in [-0.4, -0.2) is 18.3 Å². The molecular weight excluding hydrogens is 266 g/mol. The zero-order chi connectivity index (χ0) is 14.4. The highest BCUT2D eigenvalue weighted by atomic mass is 16.6. The molecule has 1 heterocycles. The van der Waals surface area contributed by atoms with Crippen LogP contribution in [0, 0.1) is 0 Å². The first-order chi connectivity index (χ1) is 10.2. The molecule has 0 spiro atoms. The van der Waals surface area contributed by atoms with Crippen LogP contribution in [0.15, 0.2) is 42.5 Å². The summed E-state index contributed by atoms with van der Waals surface area (Å²) in [6, 6.07) is 13.3. The van der Waals surface area contributed by atoms with Crippen molar-refractivity contribution in [2.75, 3.05) is 13.2 Å². The molecule has 2 atom stereocenters. The summed E-state index contributed by atoms with van der Waals surface area (Å²) in [6.45, 7) is 1.09. The van der Waals surface area contributed by atoms with Crippen molar-refractivity contribution in [3.63, 3.8) is 0 Å². The Morgan fingerprint density at radius 1 is 1.05 bits per heavy atom. The first-order valence-electron chi connectivity index (χ1n) is 7.16. The third-order valence-corrected chi connectivity index (χ3v) is 4.34. The molecule has 0 fully saturated rings. The van der Waals surface area contributed by atoms with Gasteiger partial charge in [-0.2, -0.15) is 0 Å². The number of rotatable bonds is 1. The van der Waals surface area contributed by atoms with Gasteiger partial charge in [0, 0.05) is 12.5 Å². The van der Waals surface area contributed by atoms with Crippen LogP contribution in [-0.2, 0) is 5.60 Å². The minimum Gasteiger partial charge on any atom is -0.486 e. The zero-order valence-corrected chi connectivity index (χ0v) is 11.6. The Hall–Kier alpha value is -2.04. The van der Waals surface area contributed by atoms with E-state index in [1.54, 1.807) is 0 Å².